The van der Waals surface area contributed by atoms with Crippen LogP contribution in [0.2, 0.25) is 0 Å². The molecule has 5 heteroatoms. The fourth-order valence-electron chi connectivity index (χ4n) is 1.45. The number of hydrogen-bond acceptors (Lipinski definition) is 3. The van der Waals surface area contributed by atoms with E-state index in [-0.39, 0.29) is 11.8 Å². The average Bonchev–Trinajstić information content (AvgIpc) is 2.40. The largest absolute Gasteiger partial charge is 0.465 e. The topological polar surface area (TPSA) is 55.4 Å². The van der Waals surface area contributed by atoms with E-state index in [9.17, 15) is 9.59 Å². The van der Waals surface area contributed by atoms with Gasteiger partial charge in [0.05, 0.1) is 18.1 Å². The van der Waals surface area contributed by atoms with E-state index in [0.29, 0.717) is 16.8 Å². The van der Waals surface area contributed by atoms with Crippen LogP contribution in [0.4, 0.5) is 5.69 Å². The second kappa shape index (κ2) is 6.06. The van der Waals surface area contributed by atoms with Gasteiger partial charge in [-0.3, -0.25) is 4.79 Å². The molecule has 0 saturated carbocycles. The summed E-state index contributed by atoms with van der Waals surface area (Å²) in [5.41, 5.74) is 1.03. The Labute approximate surface area is 118 Å². The number of nitrogens with one attached hydrogen (secondary N) is 1. The lowest BCUT2D eigenvalue weighted by Gasteiger charge is -2.21. The third-order valence-electron chi connectivity index (χ3n) is 2.94. The summed E-state index contributed by atoms with van der Waals surface area (Å²) in [6.45, 7) is 5.28. The Kier molecular flexibility index (Phi) is 4.95. The van der Waals surface area contributed by atoms with Gasteiger partial charge in [0.1, 0.15) is 0 Å². The second-order valence-electron chi connectivity index (χ2n) is 4.94. The van der Waals surface area contributed by atoms with Crippen molar-refractivity contribution >= 4 is 29.2 Å². The number of anilines is 1. The van der Waals surface area contributed by atoms with Crippen LogP contribution in [-0.2, 0) is 9.53 Å². The molecule has 0 aliphatic carbocycles. The summed E-state index contributed by atoms with van der Waals surface area (Å²) in [5, 5.41) is 2.79. The Morgan fingerprint density at radius 3 is 2.53 bits per heavy atom. The fraction of sp³-hybridized carbons (Fsp3) is 0.429. The van der Waals surface area contributed by atoms with Crippen molar-refractivity contribution in [2.24, 2.45) is 5.41 Å². The molecule has 4 nitrogen and oxygen atoms in total. The summed E-state index contributed by atoms with van der Waals surface area (Å²) < 4.78 is 4.69. The molecule has 0 spiro atoms. The van der Waals surface area contributed by atoms with Crippen molar-refractivity contribution < 1.29 is 14.3 Å². The van der Waals surface area contributed by atoms with Crippen LogP contribution in [0.15, 0.2) is 18.2 Å². The first-order valence-corrected chi connectivity index (χ1v) is 6.42. The number of esters is 1. The maximum absolute atomic E-state index is 12.1. The molecule has 1 rings (SSSR count). The van der Waals surface area contributed by atoms with Crippen LogP contribution < -0.4 is 5.32 Å². The van der Waals surface area contributed by atoms with Crippen molar-refractivity contribution in [3.8, 4) is 0 Å². The number of halogens is 1. The van der Waals surface area contributed by atoms with Crippen molar-refractivity contribution in [1.29, 1.82) is 0 Å². The van der Waals surface area contributed by atoms with Gasteiger partial charge in [0.2, 0.25) is 5.91 Å². The van der Waals surface area contributed by atoms with Gasteiger partial charge in [-0.25, -0.2) is 4.79 Å². The van der Waals surface area contributed by atoms with Gasteiger partial charge in [-0.1, -0.05) is 6.07 Å². The first kappa shape index (κ1) is 15.5. The molecular formula is C14H18ClNO3. The highest BCUT2D eigenvalue weighted by Crippen LogP contribution is 2.24. The van der Waals surface area contributed by atoms with Gasteiger partial charge in [0.25, 0.3) is 0 Å². The van der Waals surface area contributed by atoms with Crippen LogP contribution in [-0.4, -0.2) is 24.9 Å². The summed E-state index contributed by atoms with van der Waals surface area (Å²) >= 11 is 5.76. The first-order valence-electron chi connectivity index (χ1n) is 5.89. The Hall–Kier alpha value is -1.55. The lowest BCUT2D eigenvalue weighted by molar-refractivity contribution is -0.122. The Morgan fingerprint density at radius 1 is 1.37 bits per heavy atom. The smallest absolute Gasteiger partial charge is 0.338 e. The number of alkyl halides is 1. The zero-order valence-electron chi connectivity index (χ0n) is 11.5. The van der Waals surface area contributed by atoms with Gasteiger partial charge in [0.15, 0.2) is 0 Å². The molecule has 0 aliphatic heterocycles. The number of amides is 1. The second-order valence-corrected chi connectivity index (χ2v) is 5.21. The number of ether oxygens (including phenoxy) is 1. The third kappa shape index (κ3) is 3.47. The van der Waals surface area contributed by atoms with Crippen LogP contribution in [0.5, 0.6) is 0 Å². The fourth-order valence-corrected chi connectivity index (χ4v) is 1.58. The summed E-state index contributed by atoms with van der Waals surface area (Å²) in [7, 11) is 1.32. The Morgan fingerprint density at radius 2 is 2.00 bits per heavy atom. The van der Waals surface area contributed by atoms with Crippen molar-refractivity contribution in [3.63, 3.8) is 0 Å². The molecule has 1 aromatic rings. The van der Waals surface area contributed by atoms with Gasteiger partial charge in [-0.2, -0.15) is 0 Å². The van der Waals surface area contributed by atoms with E-state index in [1.807, 2.05) is 0 Å². The lowest BCUT2D eigenvalue weighted by Crippen LogP contribution is -2.32. The molecule has 0 aliphatic rings. The predicted octanol–water partition coefficient (Wildman–Crippen LogP) is 2.99. The summed E-state index contributed by atoms with van der Waals surface area (Å²) in [6, 6.07) is 5.09. The molecule has 0 atom stereocenters. The molecule has 0 unspecified atom stereocenters. The number of hydrogen-bond donors (Lipinski definition) is 1. The van der Waals surface area contributed by atoms with Gasteiger partial charge in [-0.15, -0.1) is 11.6 Å². The highest BCUT2D eigenvalue weighted by molar-refractivity contribution is 6.20. The van der Waals surface area contributed by atoms with E-state index in [2.05, 4.69) is 5.32 Å². The Bertz CT molecular complexity index is 497. The molecule has 1 N–H and O–H groups in total. The van der Waals surface area contributed by atoms with Crippen molar-refractivity contribution in [1.82, 2.24) is 0 Å². The number of carbonyl (C=O) groups is 2. The minimum atomic E-state index is -0.671. The van der Waals surface area contributed by atoms with Crippen molar-refractivity contribution in [2.75, 3.05) is 18.3 Å². The first-order chi connectivity index (χ1) is 8.83. The predicted molar refractivity (Wildman–Crippen MR) is 75.6 cm³/mol. The van der Waals surface area contributed by atoms with E-state index in [4.69, 9.17) is 16.3 Å². The van der Waals surface area contributed by atoms with Crippen LogP contribution >= 0.6 is 11.6 Å². The standard InChI is InChI=1S/C14H18ClNO3/c1-9-10(12(17)19-4)6-5-7-11(9)16-13(18)14(2,3)8-15/h5-7H,8H2,1-4H3,(H,16,18). The van der Waals surface area contributed by atoms with Gasteiger partial charge < -0.3 is 10.1 Å². The SMILES string of the molecule is COC(=O)c1cccc(NC(=O)C(C)(C)CCl)c1C. The van der Waals surface area contributed by atoms with E-state index in [0.717, 1.165) is 0 Å². The van der Waals surface area contributed by atoms with Crippen LogP contribution in [0, 0.1) is 12.3 Å². The van der Waals surface area contributed by atoms with E-state index >= 15 is 0 Å². The number of benzene rings is 1. The monoisotopic (exact) mass is 283 g/mol. The zero-order chi connectivity index (χ0) is 14.6. The number of methoxy groups -OCH3 is 1. The molecule has 0 bridgehead atoms. The van der Waals surface area contributed by atoms with Gasteiger partial charge >= 0.3 is 5.97 Å². The number of rotatable bonds is 4. The van der Waals surface area contributed by atoms with Crippen molar-refractivity contribution in [2.45, 2.75) is 20.8 Å². The van der Waals surface area contributed by atoms with E-state index in [1.54, 1.807) is 39.0 Å². The maximum Gasteiger partial charge on any atom is 0.338 e. The molecule has 0 aromatic heterocycles. The van der Waals surface area contributed by atoms with E-state index in [1.165, 1.54) is 7.11 Å². The minimum absolute atomic E-state index is 0.187. The maximum atomic E-state index is 12.1. The van der Waals surface area contributed by atoms with Crippen LogP contribution in [0.3, 0.4) is 0 Å². The van der Waals surface area contributed by atoms with Crippen LogP contribution in [0.1, 0.15) is 29.8 Å². The van der Waals surface area contributed by atoms with E-state index < -0.39 is 11.4 Å². The highest BCUT2D eigenvalue weighted by atomic mass is 35.5. The highest BCUT2D eigenvalue weighted by Gasteiger charge is 2.27. The molecule has 1 aromatic carbocycles. The third-order valence-corrected chi connectivity index (χ3v) is 3.60. The molecule has 0 fully saturated rings. The normalized spacial score (nSPS) is 11.0. The quantitative estimate of drug-likeness (QED) is 0.683. The molecule has 104 valence electrons. The van der Waals surface area contributed by atoms with Crippen molar-refractivity contribution in [3.05, 3.63) is 29.3 Å². The molecule has 1 amide bonds. The van der Waals surface area contributed by atoms with Gasteiger partial charge in [0, 0.05) is 11.6 Å². The minimum Gasteiger partial charge on any atom is -0.465 e. The molecule has 0 heterocycles. The zero-order valence-corrected chi connectivity index (χ0v) is 12.3. The molecule has 0 radical (unpaired) electrons. The average molecular weight is 284 g/mol. The molecule has 0 saturated heterocycles. The number of carbonyl (C=O) groups excluding carboxylic acids is 2. The summed E-state index contributed by atoms with van der Waals surface area (Å²) in [5.74, 6) is -0.396. The summed E-state index contributed by atoms with van der Waals surface area (Å²) in [6.07, 6.45) is 0. The molecule has 19 heavy (non-hydrogen) atoms. The lowest BCUT2D eigenvalue weighted by atomic mass is 9.94. The van der Waals surface area contributed by atoms with Crippen LogP contribution in [0.25, 0.3) is 0 Å². The van der Waals surface area contributed by atoms with Gasteiger partial charge in [-0.05, 0) is 38.5 Å². The Balaban J connectivity index is 3.04. The molecular weight excluding hydrogens is 266 g/mol. The summed E-state index contributed by atoms with van der Waals surface area (Å²) in [4.78, 5) is 23.6.